The molecule has 0 saturated carbocycles. The first kappa shape index (κ1) is 15.9. The number of benzene rings is 1. The molecule has 0 aliphatic carbocycles. The standard InChI is InChI=1S/C16H23N4P/c1-12-3-4-13(16(21)9-12)5-6-15-14(10-18-19-15)11-20(2)8-7-17/h3-6,9-10H,7-8,11,17,21H2,1-2H3,(H,18,19)/b6-5+. The van der Waals surface area contributed by atoms with Crippen LogP contribution in [0.1, 0.15) is 22.4 Å². The molecule has 0 fully saturated rings. The van der Waals surface area contributed by atoms with Crippen LogP contribution in [-0.4, -0.2) is 35.2 Å². The number of aryl methyl sites for hydroxylation is 1. The minimum atomic E-state index is 0.666. The highest BCUT2D eigenvalue weighted by molar-refractivity contribution is 7.27. The van der Waals surface area contributed by atoms with E-state index in [9.17, 15) is 0 Å². The minimum Gasteiger partial charge on any atom is -0.329 e. The van der Waals surface area contributed by atoms with Gasteiger partial charge in [0.25, 0.3) is 0 Å². The highest BCUT2D eigenvalue weighted by Gasteiger charge is 2.06. The Kier molecular flexibility index (Phi) is 5.68. The van der Waals surface area contributed by atoms with Gasteiger partial charge in [-0.3, -0.25) is 5.10 Å². The summed E-state index contributed by atoms with van der Waals surface area (Å²) in [6.07, 6.45) is 6.11. The van der Waals surface area contributed by atoms with E-state index in [0.717, 1.165) is 18.8 Å². The Hall–Kier alpha value is -1.48. The molecule has 1 heterocycles. The molecule has 1 atom stereocenters. The van der Waals surface area contributed by atoms with Crippen LogP contribution in [0.2, 0.25) is 0 Å². The number of nitrogens with two attached hydrogens (primary N) is 1. The SMILES string of the molecule is Cc1ccc(/C=C/c2n[nH]cc2CN(C)CCN)c(P)c1. The normalized spacial score (nSPS) is 11.7. The lowest BCUT2D eigenvalue weighted by Gasteiger charge is -2.14. The lowest BCUT2D eigenvalue weighted by Crippen LogP contribution is -2.25. The van der Waals surface area contributed by atoms with E-state index >= 15 is 0 Å². The summed E-state index contributed by atoms with van der Waals surface area (Å²) in [6.45, 7) is 4.48. The molecule has 1 unspecified atom stereocenters. The van der Waals surface area contributed by atoms with Crippen LogP contribution in [0.3, 0.4) is 0 Å². The van der Waals surface area contributed by atoms with Crippen molar-refractivity contribution in [2.24, 2.45) is 5.73 Å². The smallest absolute Gasteiger partial charge is 0.0893 e. The van der Waals surface area contributed by atoms with Crippen molar-refractivity contribution < 1.29 is 0 Å². The summed E-state index contributed by atoms with van der Waals surface area (Å²) in [5.41, 5.74) is 10.2. The Balaban J connectivity index is 2.12. The molecule has 0 saturated heterocycles. The number of likely N-dealkylation sites (N-methyl/N-ethyl adjacent to an activating group) is 1. The highest BCUT2D eigenvalue weighted by atomic mass is 31.0. The number of rotatable bonds is 6. The first-order chi connectivity index (χ1) is 10.1. The Bertz CT molecular complexity index is 618. The Morgan fingerprint density at radius 1 is 1.38 bits per heavy atom. The predicted octanol–water partition coefficient (Wildman–Crippen LogP) is 1.78. The van der Waals surface area contributed by atoms with E-state index < -0.39 is 0 Å². The maximum atomic E-state index is 5.58. The van der Waals surface area contributed by atoms with Crippen LogP contribution < -0.4 is 11.0 Å². The molecule has 21 heavy (non-hydrogen) atoms. The van der Waals surface area contributed by atoms with Crippen LogP contribution in [0.25, 0.3) is 12.2 Å². The number of nitrogens with one attached hydrogen (secondary N) is 1. The first-order valence-corrected chi connectivity index (χ1v) is 7.63. The number of hydrogen-bond donors (Lipinski definition) is 2. The third-order valence-electron chi connectivity index (χ3n) is 3.37. The summed E-state index contributed by atoms with van der Waals surface area (Å²) >= 11 is 0. The molecule has 0 spiro atoms. The number of H-pyrrole nitrogens is 1. The van der Waals surface area contributed by atoms with E-state index in [1.807, 2.05) is 6.20 Å². The number of aromatic amines is 1. The van der Waals surface area contributed by atoms with Crippen LogP contribution in [0, 0.1) is 6.92 Å². The number of aromatic nitrogens is 2. The van der Waals surface area contributed by atoms with Gasteiger partial charge in [0.15, 0.2) is 0 Å². The maximum Gasteiger partial charge on any atom is 0.0893 e. The fourth-order valence-electron chi connectivity index (χ4n) is 2.20. The maximum absolute atomic E-state index is 5.58. The molecule has 2 aromatic rings. The monoisotopic (exact) mass is 302 g/mol. The van der Waals surface area contributed by atoms with E-state index in [4.69, 9.17) is 5.73 Å². The fraction of sp³-hybridized carbons (Fsp3) is 0.312. The van der Waals surface area contributed by atoms with Gasteiger partial charge < -0.3 is 10.6 Å². The van der Waals surface area contributed by atoms with E-state index in [1.54, 1.807) is 0 Å². The molecule has 3 N–H and O–H groups in total. The Labute approximate surface area is 128 Å². The lowest BCUT2D eigenvalue weighted by atomic mass is 10.1. The number of nitrogens with zero attached hydrogens (tertiary/aromatic N) is 2. The van der Waals surface area contributed by atoms with E-state index in [0.29, 0.717) is 6.54 Å². The molecule has 5 heteroatoms. The number of hydrogen-bond acceptors (Lipinski definition) is 3. The summed E-state index contributed by atoms with van der Waals surface area (Å²) < 4.78 is 0. The van der Waals surface area contributed by atoms with Gasteiger partial charge in [-0.1, -0.05) is 29.8 Å². The van der Waals surface area contributed by atoms with Crippen molar-refractivity contribution in [1.82, 2.24) is 15.1 Å². The quantitative estimate of drug-likeness (QED) is 0.800. The predicted molar refractivity (Wildman–Crippen MR) is 93.4 cm³/mol. The van der Waals surface area contributed by atoms with Gasteiger partial charge in [-0.25, -0.2) is 0 Å². The van der Waals surface area contributed by atoms with Crippen molar-refractivity contribution in [3.8, 4) is 0 Å². The molecule has 0 aliphatic heterocycles. The van der Waals surface area contributed by atoms with Gasteiger partial charge in [0.05, 0.1) is 5.69 Å². The highest BCUT2D eigenvalue weighted by Crippen LogP contribution is 2.13. The fourth-order valence-corrected chi connectivity index (χ4v) is 2.66. The minimum absolute atomic E-state index is 0.666. The molecule has 0 aliphatic rings. The Morgan fingerprint density at radius 2 is 2.19 bits per heavy atom. The molecule has 0 radical (unpaired) electrons. The largest absolute Gasteiger partial charge is 0.329 e. The van der Waals surface area contributed by atoms with Gasteiger partial charge in [0, 0.05) is 31.4 Å². The van der Waals surface area contributed by atoms with Crippen LogP contribution in [0.5, 0.6) is 0 Å². The lowest BCUT2D eigenvalue weighted by molar-refractivity contribution is 0.336. The summed E-state index contributed by atoms with van der Waals surface area (Å²) in [4.78, 5) is 2.19. The van der Waals surface area contributed by atoms with Crippen molar-refractivity contribution in [2.75, 3.05) is 20.1 Å². The Morgan fingerprint density at radius 3 is 2.90 bits per heavy atom. The molecule has 2 rings (SSSR count). The van der Waals surface area contributed by atoms with Crippen molar-refractivity contribution >= 4 is 26.7 Å². The molecule has 0 bridgehead atoms. The average molecular weight is 302 g/mol. The van der Waals surface area contributed by atoms with E-state index in [-0.39, 0.29) is 0 Å². The van der Waals surface area contributed by atoms with Gasteiger partial charge >= 0.3 is 0 Å². The molecular weight excluding hydrogens is 279 g/mol. The average Bonchev–Trinajstić information content (AvgIpc) is 2.85. The third kappa shape index (κ3) is 4.50. The van der Waals surface area contributed by atoms with Gasteiger partial charge in [-0.2, -0.15) is 5.10 Å². The second kappa shape index (κ2) is 7.51. The summed E-state index contributed by atoms with van der Waals surface area (Å²) in [5.74, 6) is 0. The second-order valence-electron chi connectivity index (χ2n) is 5.29. The summed E-state index contributed by atoms with van der Waals surface area (Å²) in [5, 5.41) is 8.45. The molecule has 1 aromatic heterocycles. The zero-order valence-corrected chi connectivity index (χ0v) is 13.8. The molecule has 4 nitrogen and oxygen atoms in total. The van der Waals surface area contributed by atoms with Crippen molar-refractivity contribution in [1.29, 1.82) is 0 Å². The van der Waals surface area contributed by atoms with Crippen LogP contribution in [0.15, 0.2) is 24.4 Å². The van der Waals surface area contributed by atoms with Gasteiger partial charge in [0.2, 0.25) is 0 Å². The van der Waals surface area contributed by atoms with Crippen LogP contribution in [0.4, 0.5) is 0 Å². The van der Waals surface area contributed by atoms with Gasteiger partial charge in [0.1, 0.15) is 0 Å². The first-order valence-electron chi connectivity index (χ1n) is 7.05. The topological polar surface area (TPSA) is 57.9 Å². The van der Waals surface area contributed by atoms with Gasteiger partial charge in [-0.05, 0) is 30.9 Å². The zero-order valence-electron chi connectivity index (χ0n) is 12.6. The zero-order chi connectivity index (χ0) is 15.2. The summed E-state index contributed by atoms with van der Waals surface area (Å²) in [6, 6.07) is 6.40. The third-order valence-corrected chi connectivity index (χ3v) is 3.87. The van der Waals surface area contributed by atoms with Gasteiger partial charge in [-0.15, -0.1) is 9.24 Å². The van der Waals surface area contributed by atoms with Crippen molar-refractivity contribution in [2.45, 2.75) is 13.5 Å². The molecule has 1 aromatic carbocycles. The second-order valence-corrected chi connectivity index (χ2v) is 5.91. The molecule has 0 amide bonds. The van der Waals surface area contributed by atoms with Crippen LogP contribution in [-0.2, 0) is 6.54 Å². The molecule has 112 valence electrons. The van der Waals surface area contributed by atoms with Crippen LogP contribution >= 0.6 is 9.24 Å². The van der Waals surface area contributed by atoms with Crippen molar-refractivity contribution in [3.05, 3.63) is 46.8 Å². The van der Waals surface area contributed by atoms with E-state index in [1.165, 1.54) is 22.0 Å². The summed E-state index contributed by atoms with van der Waals surface area (Å²) in [7, 11) is 4.84. The van der Waals surface area contributed by atoms with Crippen molar-refractivity contribution in [3.63, 3.8) is 0 Å². The molecular formula is C16H23N4P. The van der Waals surface area contributed by atoms with E-state index in [2.05, 4.69) is 68.7 Å².